The predicted octanol–water partition coefficient (Wildman–Crippen LogP) is 3.33. The van der Waals surface area contributed by atoms with Crippen LogP contribution in [0.1, 0.15) is 24.4 Å². The van der Waals surface area contributed by atoms with E-state index < -0.39 is 30.1 Å². The first-order chi connectivity index (χ1) is 20.4. The van der Waals surface area contributed by atoms with E-state index in [1.165, 1.54) is 13.3 Å². The van der Waals surface area contributed by atoms with Gasteiger partial charge in [0.25, 0.3) is 10.0 Å². The van der Waals surface area contributed by atoms with Gasteiger partial charge in [-0.15, -0.1) is 14.1 Å². The fourth-order valence-electron chi connectivity index (χ4n) is 5.50. The molecule has 3 heterocycles. The number of hydrogen-bond donors (Lipinski definition) is 2. The highest BCUT2D eigenvalue weighted by molar-refractivity contribution is 7.90. The summed E-state index contributed by atoms with van der Waals surface area (Å²) in [6.07, 6.45) is 2.85. The van der Waals surface area contributed by atoms with Gasteiger partial charge >= 0.3 is 17.7 Å². The van der Waals surface area contributed by atoms with Gasteiger partial charge in [-0.2, -0.15) is 28.8 Å². The van der Waals surface area contributed by atoms with Gasteiger partial charge in [-0.25, -0.2) is 22.8 Å². The van der Waals surface area contributed by atoms with E-state index in [1.54, 1.807) is 27.7 Å². The monoisotopic (exact) mass is 626 g/mol. The summed E-state index contributed by atoms with van der Waals surface area (Å²) in [5.41, 5.74) is 2.65. The van der Waals surface area contributed by atoms with Gasteiger partial charge in [-0.05, 0) is 42.7 Å². The lowest BCUT2D eigenvalue weighted by Crippen LogP contribution is -2.51. The van der Waals surface area contributed by atoms with Crippen LogP contribution in [0.2, 0.25) is 25.7 Å². The summed E-state index contributed by atoms with van der Waals surface area (Å²) < 4.78 is 33.8. The van der Waals surface area contributed by atoms with Crippen molar-refractivity contribution in [2.24, 2.45) is 0 Å². The van der Waals surface area contributed by atoms with Crippen LogP contribution in [0.25, 0.3) is 21.9 Å². The molecule has 4 aromatic rings. The number of aromatic amines is 1. The third-order valence-electron chi connectivity index (χ3n) is 7.94. The number of likely N-dealkylation sites (tertiary alicyclic amines) is 1. The first-order valence-electron chi connectivity index (χ1n) is 14.4. The second-order valence-corrected chi connectivity index (χ2v) is 19.8. The van der Waals surface area contributed by atoms with Crippen molar-refractivity contribution in [2.45, 2.75) is 57.0 Å². The number of fused-ring (bicyclic) bond motifs is 2. The molecule has 0 aliphatic carbocycles. The minimum absolute atomic E-state index is 0.0352. The lowest BCUT2D eigenvalue weighted by molar-refractivity contribution is -0.142. The maximum Gasteiger partial charge on any atom is 0.328 e. The first-order valence-corrected chi connectivity index (χ1v) is 19.7. The highest BCUT2D eigenvalue weighted by Gasteiger charge is 2.29. The number of esters is 1. The quantitative estimate of drug-likeness (QED) is 0.214. The Balaban J connectivity index is 1.25. The zero-order chi connectivity index (χ0) is 30.9. The summed E-state index contributed by atoms with van der Waals surface area (Å²) in [7, 11) is -3.90. The van der Waals surface area contributed by atoms with Gasteiger partial charge in [-0.3, -0.25) is 4.57 Å². The Morgan fingerprint density at radius 1 is 1.12 bits per heavy atom. The number of H-pyrrole nitrogens is 1. The molecule has 0 spiro atoms. The van der Waals surface area contributed by atoms with Crippen molar-refractivity contribution >= 4 is 52.0 Å². The molecule has 1 aliphatic heterocycles. The van der Waals surface area contributed by atoms with Crippen LogP contribution in [0.15, 0.2) is 53.5 Å². The number of aromatic nitrogens is 4. The van der Waals surface area contributed by atoms with Crippen LogP contribution >= 0.6 is 0 Å². The molecule has 14 heteroatoms. The zero-order valence-corrected chi connectivity index (χ0v) is 26.7. The Kier molecular flexibility index (Phi) is 8.52. The SMILES string of the molecule is COC(=O)C(Cc1ccc2c(cnn2S(=O)(=O)CC[Si-](C)(C)C)c1)NC(=O)N1CCC(n2c(=O)[nH]c3ccccc32)CC1. The van der Waals surface area contributed by atoms with Crippen LogP contribution in [0, 0.1) is 0 Å². The Morgan fingerprint density at radius 3 is 2.53 bits per heavy atom. The topological polar surface area (TPSA) is 148 Å². The number of methoxy groups -OCH3 is 1. The average Bonchev–Trinajstić information content (AvgIpc) is 3.55. The van der Waals surface area contributed by atoms with E-state index in [2.05, 4.69) is 35.0 Å². The molecule has 12 nitrogen and oxygen atoms in total. The maximum absolute atomic E-state index is 13.2. The fraction of sp³-hybridized carbons (Fsp3) is 0.448. The van der Waals surface area contributed by atoms with Crippen LogP contribution in [0.5, 0.6) is 0 Å². The zero-order valence-electron chi connectivity index (χ0n) is 24.9. The number of ether oxygens (including phenoxy) is 1. The van der Waals surface area contributed by atoms with Gasteiger partial charge in [0, 0.05) is 36.7 Å². The predicted molar refractivity (Wildman–Crippen MR) is 168 cm³/mol. The molecule has 231 valence electrons. The summed E-state index contributed by atoms with van der Waals surface area (Å²) >= 11 is 0. The van der Waals surface area contributed by atoms with Crippen molar-refractivity contribution in [2.75, 3.05) is 26.0 Å². The number of nitrogens with one attached hydrogen (secondary N) is 2. The molecule has 0 saturated carbocycles. The Bertz CT molecular complexity index is 1810. The minimum atomic E-state index is -3.61. The van der Waals surface area contributed by atoms with Gasteiger partial charge in [0.15, 0.2) is 0 Å². The van der Waals surface area contributed by atoms with Crippen molar-refractivity contribution in [3.8, 4) is 0 Å². The van der Waals surface area contributed by atoms with Gasteiger partial charge in [-0.1, -0.05) is 18.2 Å². The molecule has 2 aromatic carbocycles. The molecule has 1 saturated heterocycles. The van der Waals surface area contributed by atoms with Crippen molar-refractivity contribution in [1.29, 1.82) is 0 Å². The summed E-state index contributed by atoms with van der Waals surface area (Å²) in [5.74, 6) is -0.550. The van der Waals surface area contributed by atoms with E-state index in [1.807, 2.05) is 24.3 Å². The molecule has 1 atom stereocenters. The largest absolute Gasteiger partial charge is 0.467 e. The van der Waals surface area contributed by atoms with Crippen LogP contribution in [0.4, 0.5) is 4.79 Å². The number of nitrogens with zero attached hydrogens (tertiary/aromatic N) is 4. The second-order valence-electron chi connectivity index (χ2n) is 12.3. The van der Waals surface area contributed by atoms with Crippen LogP contribution in [-0.4, -0.2) is 84.1 Å². The molecular weight excluding hydrogens is 589 g/mol. The first kappa shape index (κ1) is 30.5. The average molecular weight is 627 g/mol. The molecule has 0 bridgehead atoms. The van der Waals surface area contributed by atoms with Crippen molar-refractivity contribution in [3.05, 3.63) is 64.7 Å². The fourth-order valence-corrected chi connectivity index (χ4v) is 9.82. The van der Waals surface area contributed by atoms with Crippen LogP contribution in [-0.2, 0) is 26.0 Å². The van der Waals surface area contributed by atoms with E-state index >= 15 is 0 Å². The number of piperidine rings is 1. The van der Waals surface area contributed by atoms with Crippen LogP contribution in [0.3, 0.4) is 0 Å². The van der Waals surface area contributed by atoms with Gasteiger partial charge in [0.1, 0.15) is 6.04 Å². The normalized spacial score (nSPS) is 15.6. The smallest absolute Gasteiger partial charge is 0.328 e. The number of rotatable bonds is 9. The maximum atomic E-state index is 13.2. The van der Waals surface area contributed by atoms with Gasteiger partial charge in [0.05, 0.1) is 29.9 Å². The number of urea groups is 1. The molecule has 0 radical (unpaired) electrons. The molecule has 5 rings (SSSR count). The van der Waals surface area contributed by atoms with Gasteiger partial charge in [0.2, 0.25) is 0 Å². The Hall–Kier alpha value is -3.91. The lowest BCUT2D eigenvalue weighted by atomic mass is 10.0. The highest BCUT2D eigenvalue weighted by atomic mass is 32.2. The Morgan fingerprint density at radius 2 is 1.84 bits per heavy atom. The third kappa shape index (κ3) is 6.69. The number of carbonyl (C=O) groups excluding carboxylic acids is 2. The van der Waals surface area contributed by atoms with E-state index in [9.17, 15) is 22.8 Å². The second kappa shape index (κ2) is 12.0. The summed E-state index contributed by atoms with van der Waals surface area (Å²) in [6, 6.07) is 12.0. The summed E-state index contributed by atoms with van der Waals surface area (Å²) in [4.78, 5) is 43.0. The number of para-hydroxylation sites is 2. The molecular formula is C29H38N6O6SSi-. The molecule has 1 fully saturated rings. The molecule has 2 amide bonds. The van der Waals surface area contributed by atoms with Gasteiger partial charge < -0.3 is 19.9 Å². The van der Waals surface area contributed by atoms with Crippen molar-refractivity contribution in [1.82, 2.24) is 29.0 Å². The number of amides is 2. The van der Waals surface area contributed by atoms with Crippen molar-refractivity contribution in [3.63, 3.8) is 0 Å². The molecule has 1 unspecified atom stereocenters. The van der Waals surface area contributed by atoms with E-state index in [-0.39, 0.29) is 29.9 Å². The number of hydrogen-bond acceptors (Lipinski definition) is 7. The standard InChI is InChI=1S/C29H38N6O6SSi/c1-41-27(36)24(18-20-9-10-25-21(17-20)19-30-35(25)42(39,40)15-16-43(2,3)4)32-28(37)33-13-11-22(12-14-33)34-26-8-6-5-7-23(26)31-29(34)38/h5-10,17,19,22,24H,11-16,18H2,1-4H3,(H,31,38)(H,32,37)/q-1. The molecule has 43 heavy (non-hydrogen) atoms. The summed E-state index contributed by atoms with van der Waals surface area (Å²) in [6.45, 7) is 7.23. The minimum Gasteiger partial charge on any atom is -0.467 e. The van der Waals surface area contributed by atoms with E-state index in [4.69, 9.17) is 4.74 Å². The highest BCUT2D eigenvalue weighted by Crippen LogP contribution is 2.25. The summed E-state index contributed by atoms with van der Waals surface area (Å²) in [5, 5.41) is 7.58. The lowest BCUT2D eigenvalue weighted by Gasteiger charge is -2.33. The Labute approximate surface area is 251 Å². The van der Waals surface area contributed by atoms with Crippen molar-refractivity contribution < 1.29 is 22.7 Å². The third-order valence-corrected chi connectivity index (χ3v) is 11.6. The molecule has 2 N–H and O–H groups in total. The van der Waals surface area contributed by atoms with Crippen LogP contribution < -0.4 is 11.0 Å². The number of carbonyl (C=O) groups is 2. The van der Waals surface area contributed by atoms with E-state index in [0.717, 1.165) is 20.7 Å². The number of benzene rings is 2. The van der Waals surface area contributed by atoms with E-state index in [0.29, 0.717) is 42.9 Å². The molecule has 2 aromatic heterocycles. The number of imidazole rings is 1. The molecule has 1 aliphatic rings.